The van der Waals surface area contributed by atoms with E-state index >= 15 is 0 Å². The standard InChI is InChI=1S/C19H27N5O5S.C19H27N5O3S/c1-19(2,3)29-18(26)23-10-7-22(8-11-23)9-12-24-15(25)6-5-14-13-20-17(21-16(14)24)30(4,27)28;1-19(2,3)27-18(26)23-10-7-22(8-11-23)9-12-24-15(25)6-5-14-13-20-17(28-4)21-16(14)24/h5-6,13H,7-12H2,1-4H3;5-6,13H,7-12H2,1-4H3. The van der Waals surface area contributed by atoms with Gasteiger partial charge in [0.05, 0.1) is 0 Å². The Morgan fingerprint density at radius 3 is 1.47 bits per heavy atom. The van der Waals surface area contributed by atoms with E-state index in [-0.39, 0.29) is 28.5 Å². The van der Waals surface area contributed by atoms with Crippen molar-refractivity contribution in [3.05, 3.63) is 57.4 Å². The van der Waals surface area contributed by atoms with E-state index in [1.165, 1.54) is 28.6 Å². The number of piperazine rings is 2. The van der Waals surface area contributed by atoms with Crippen molar-refractivity contribution in [3.8, 4) is 0 Å². The Hall–Kier alpha value is -4.66. The van der Waals surface area contributed by atoms with Crippen LogP contribution in [0.3, 0.4) is 0 Å². The summed E-state index contributed by atoms with van der Waals surface area (Å²) in [5.74, 6) is 0. The van der Waals surface area contributed by atoms with Gasteiger partial charge in [-0.05, 0) is 59.9 Å². The van der Waals surface area contributed by atoms with Gasteiger partial charge in [-0.15, -0.1) is 0 Å². The molecule has 2 aliphatic heterocycles. The first kappa shape index (κ1) is 44.4. The highest BCUT2D eigenvalue weighted by Crippen LogP contribution is 2.17. The van der Waals surface area contributed by atoms with Gasteiger partial charge < -0.3 is 19.3 Å². The van der Waals surface area contributed by atoms with E-state index in [1.807, 2.05) is 47.8 Å². The average molecular weight is 843 g/mol. The van der Waals surface area contributed by atoms with Gasteiger partial charge in [-0.25, -0.2) is 33.0 Å². The summed E-state index contributed by atoms with van der Waals surface area (Å²) in [6.45, 7) is 18.5. The second kappa shape index (κ2) is 18.5. The minimum absolute atomic E-state index is 0.0642. The monoisotopic (exact) mass is 842 g/mol. The van der Waals surface area contributed by atoms with Crippen molar-refractivity contribution >= 4 is 55.9 Å². The second-order valence-corrected chi connectivity index (χ2v) is 18.8. The molecule has 0 saturated carbocycles. The van der Waals surface area contributed by atoms with Crippen LogP contribution in [0.15, 0.2) is 56.6 Å². The fourth-order valence-electron chi connectivity index (χ4n) is 6.26. The van der Waals surface area contributed by atoms with E-state index in [0.29, 0.717) is 80.7 Å². The Kier molecular flexibility index (Phi) is 14.2. The lowest BCUT2D eigenvalue weighted by molar-refractivity contribution is 0.0133. The Labute approximate surface area is 342 Å². The number of rotatable bonds is 8. The first-order valence-electron chi connectivity index (χ1n) is 19.1. The number of hydrogen-bond acceptors (Lipinski definition) is 15. The van der Waals surface area contributed by atoms with Crippen LogP contribution >= 0.6 is 11.8 Å². The van der Waals surface area contributed by atoms with Gasteiger partial charge >= 0.3 is 12.2 Å². The second-order valence-electron chi connectivity index (χ2n) is 16.1. The molecule has 0 unspecified atom stereocenters. The van der Waals surface area contributed by atoms with Crippen molar-refractivity contribution in [2.45, 2.75) is 76.1 Å². The molecule has 0 radical (unpaired) electrons. The summed E-state index contributed by atoms with van der Waals surface area (Å²) < 4.78 is 37.6. The predicted molar refractivity (Wildman–Crippen MR) is 221 cm³/mol. The molecular formula is C38H54N10O8S2. The zero-order chi connectivity index (χ0) is 42.4. The summed E-state index contributed by atoms with van der Waals surface area (Å²) in [5.41, 5.74) is -0.374. The Balaban J connectivity index is 0.000000221. The van der Waals surface area contributed by atoms with Gasteiger partial charge in [0.25, 0.3) is 11.1 Å². The molecule has 2 fully saturated rings. The number of amides is 2. The zero-order valence-corrected chi connectivity index (χ0v) is 36.1. The number of hydrogen-bond donors (Lipinski definition) is 0. The van der Waals surface area contributed by atoms with Crippen molar-refractivity contribution in [2.75, 3.05) is 78.0 Å². The molecule has 4 aromatic rings. The smallest absolute Gasteiger partial charge is 0.410 e. The van der Waals surface area contributed by atoms with E-state index in [4.69, 9.17) is 9.47 Å². The highest BCUT2D eigenvalue weighted by Gasteiger charge is 2.27. The third kappa shape index (κ3) is 12.2. The fourth-order valence-corrected chi connectivity index (χ4v) is 7.10. The molecule has 0 N–H and O–H groups in total. The number of thioether (sulfide) groups is 1. The van der Waals surface area contributed by atoms with Crippen LogP contribution in [0.2, 0.25) is 0 Å². The summed E-state index contributed by atoms with van der Waals surface area (Å²) >= 11 is 1.45. The van der Waals surface area contributed by atoms with Crippen LogP contribution in [0.5, 0.6) is 0 Å². The lowest BCUT2D eigenvalue weighted by Crippen LogP contribution is -2.50. The normalized spacial score (nSPS) is 15.9. The van der Waals surface area contributed by atoms with Crippen molar-refractivity contribution < 1.29 is 27.5 Å². The summed E-state index contributed by atoms with van der Waals surface area (Å²) in [6, 6.07) is 6.33. The van der Waals surface area contributed by atoms with E-state index in [1.54, 1.807) is 38.8 Å². The summed E-state index contributed by atoms with van der Waals surface area (Å²) in [5, 5.41) is 1.79. The maximum absolute atomic E-state index is 12.4. The van der Waals surface area contributed by atoms with Crippen LogP contribution in [0.4, 0.5) is 9.59 Å². The van der Waals surface area contributed by atoms with Gasteiger partial charge in [-0.1, -0.05) is 11.8 Å². The maximum atomic E-state index is 12.4. The molecule has 2 amide bonds. The lowest BCUT2D eigenvalue weighted by Gasteiger charge is -2.35. The van der Waals surface area contributed by atoms with Crippen LogP contribution in [0.1, 0.15) is 41.5 Å². The number of carbonyl (C=O) groups excluding carboxylic acids is 2. The van der Waals surface area contributed by atoms with E-state index in [2.05, 4.69) is 29.7 Å². The van der Waals surface area contributed by atoms with Crippen molar-refractivity contribution in [1.29, 1.82) is 0 Å². The fraction of sp³-hybridized carbons (Fsp3) is 0.579. The van der Waals surface area contributed by atoms with Crippen LogP contribution in [0.25, 0.3) is 22.1 Å². The van der Waals surface area contributed by atoms with Crippen LogP contribution < -0.4 is 11.1 Å². The molecule has 0 spiro atoms. The molecule has 6 rings (SSSR count). The molecule has 6 heterocycles. The van der Waals surface area contributed by atoms with Crippen LogP contribution in [-0.2, 0) is 32.4 Å². The van der Waals surface area contributed by atoms with Crippen LogP contribution in [0, 0.1) is 0 Å². The van der Waals surface area contributed by atoms with Crippen molar-refractivity contribution in [3.63, 3.8) is 0 Å². The molecule has 316 valence electrons. The van der Waals surface area contributed by atoms with E-state index < -0.39 is 21.0 Å². The molecular weight excluding hydrogens is 789 g/mol. The molecule has 0 aromatic carbocycles. The molecule has 20 heteroatoms. The SMILES string of the molecule is CC(C)(C)OC(=O)N1CCN(CCn2c(=O)ccc3cnc(S(C)(=O)=O)nc32)CC1.CSc1ncc2ccc(=O)n(CCN3CCN(C(=O)OC(C)(C)C)CC3)c2n1. The summed E-state index contributed by atoms with van der Waals surface area (Å²) in [7, 11) is -3.58. The number of nitrogens with zero attached hydrogens (tertiary/aromatic N) is 10. The largest absolute Gasteiger partial charge is 0.444 e. The number of ether oxygens (including phenoxy) is 2. The molecule has 2 saturated heterocycles. The molecule has 2 aliphatic rings. The highest BCUT2D eigenvalue weighted by atomic mass is 32.2. The number of carbonyl (C=O) groups is 2. The molecule has 58 heavy (non-hydrogen) atoms. The molecule has 0 aliphatic carbocycles. The van der Waals surface area contributed by atoms with Crippen molar-refractivity contribution in [2.24, 2.45) is 0 Å². The quantitative estimate of drug-likeness (QED) is 0.186. The summed E-state index contributed by atoms with van der Waals surface area (Å²) in [6.07, 6.45) is 5.52. The summed E-state index contributed by atoms with van der Waals surface area (Å²) in [4.78, 5) is 73.7. The van der Waals surface area contributed by atoms with Gasteiger partial charge in [-0.3, -0.25) is 28.5 Å². The number of sulfone groups is 1. The maximum Gasteiger partial charge on any atom is 0.410 e. The van der Waals surface area contributed by atoms with E-state index in [9.17, 15) is 27.6 Å². The lowest BCUT2D eigenvalue weighted by atomic mass is 10.2. The van der Waals surface area contributed by atoms with Gasteiger partial charge in [0.1, 0.15) is 22.5 Å². The third-order valence-electron chi connectivity index (χ3n) is 9.24. The first-order valence-corrected chi connectivity index (χ1v) is 22.2. The van der Waals surface area contributed by atoms with Crippen LogP contribution in [-0.4, -0.2) is 158 Å². The predicted octanol–water partition coefficient (Wildman–Crippen LogP) is 2.81. The molecule has 0 atom stereocenters. The average Bonchev–Trinajstić information content (AvgIpc) is 3.15. The Morgan fingerprint density at radius 1 is 0.655 bits per heavy atom. The first-order chi connectivity index (χ1) is 27.2. The molecule has 18 nitrogen and oxygen atoms in total. The van der Waals surface area contributed by atoms with Gasteiger partial charge in [-0.2, -0.15) is 4.98 Å². The Morgan fingerprint density at radius 2 is 1.07 bits per heavy atom. The van der Waals surface area contributed by atoms with Gasteiger partial charge in [0.2, 0.25) is 15.0 Å². The minimum atomic E-state index is -3.58. The Bertz CT molecular complexity index is 2320. The number of aromatic nitrogens is 6. The topological polar surface area (TPSA) is 195 Å². The van der Waals surface area contributed by atoms with E-state index in [0.717, 1.165) is 31.3 Å². The van der Waals surface area contributed by atoms with Crippen molar-refractivity contribution in [1.82, 2.24) is 48.7 Å². The van der Waals surface area contributed by atoms with Gasteiger partial charge in [0.15, 0.2) is 5.16 Å². The third-order valence-corrected chi connectivity index (χ3v) is 10.7. The minimum Gasteiger partial charge on any atom is -0.444 e. The molecule has 0 bridgehead atoms. The number of pyridine rings is 2. The number of fused-ring (bicyclic) bond motifs is 2. The molecule has 4 aromatic heterocycles. The highest BCUT2D eigenvalue weighted by molar-refractivity contribution is 7.98. The van der Waals surface area contributed by atoms with Gasteiger partial charge in [0, 0.05) is 120 Å². The zero-order valence-electron chi connectivity index (χ0n) is 34.5.